The molecule has 3 saturated carbocycles. The molecular formula is C29H40N2O2. The van der Waals surface area contributed by atoms with Crippen LogP contribution in [0.25, 0.3) is 0 Å². The lowest BCUT2D eigenvalue weighted by Crippen LogP contribution is -2.55. The molecule has 0 saturated heterocycles. The van der Waals surface area contributed by atoms with Crippen molar-refractivity contribution < 1.29 is 9.59 Å². The van der Waals surface area contributed by atoms with E-state index in [1.54, 1.807) is 0 Å². The average molecular weight is 449 g/mol. The van der Waals surface area contributed by atoms with Gasteiger partial charge < -0.3 is 4.90 Å². The monoisotopic (exact) mass is 448 g/mol. The maximum atomic E-state index is 14.1. The molecule has 0 N–H and O–H groups in total. The number of carbonyl (C=O) groups excluding carboxylic acids is 2. The Morgan fingerprint density at radius 3 is 2.58 bits per heavy atom. The van der Waals surface area contributed by atoms with Crippen molar-refractivity contribution in [1.29, 1.82) is 0 Å². The summed E-state index contributed by atoms with van der Waals surface area (Å²) in [6.07, 6.45) is 6.67. The van der Waals surface area contributed by atoms with E-state index in [0.717, 1.165) is 44.5 Å². The Kier molecular flexibility index (Phi) is 5.77. The van der Waals surface area contributed by atoms with Crippen LogP contribution in [0.2, 0.25) is 0 Å². The Balaban J connectivity index is 1.42. The van der Waals surface area contributed by atoms with E-state index >= 15 is 0 Å². The van der Waals surface area contributed by atoms with Gasteiger partial charge in [-0.15, -0.1) is 0 Å². The lowest BCUT2D eigenvalue weighted by molar-refractivity contribution is -0.129. The smallest absolute Gasteiger partial charge is 0.230 e. The van der Waals surface area contributed by atoms with E-state index in [-0.39, 0.29) is 16.7 Å². The summed E-state index contributed by atoms with van der Waals surface area (Å²) < 4.78 is 0. The van der Waals surface area contributed by atoms with Crippen molar-refractivity contribution in [2.45, 2.75) is 72.6 Å². The first-order chi connectivity index (χ1) is 15.7. The molecule has 1 aromatic carbocycles. The molecule has 0 spiro atoms. The molecule has 0 bridgehead atoms. The molecule has 6 atom stereocenters. The molecule has 1 amide bonds. The number of hydrogen-bond donors (Lipinski definition) is 0. The van der Waals surface area contributed by atoms with E-state index in [1.165, 1.54) is 12.1 Å². The third-order valence-electron chi connectivity index (χ3n) is 9.88. The summed E-state index contributed by atoms with van der Waals surface area (Å²) in [6.45, 7) is 10.8. The van der Waals surface area contributed by atoms with Crippen LogP contribution in [0.1, 0.15) is 72.6 Å². The number of anilines is 1. The number of benzene rings is 1. The maximum Gasteiger partial charge on any atom is 0.230 e. The van der Waals surface area contributed by atoms with E-state index < -0.39 is 0 Å². The topological polar surface area (TPSA) is 49.7 Å². The molecule has 4 heteroatoms. The number of Topliss-reactive ketones (excluding diaryl/α,β-unsaturated/α-hetero) is 1. The van der Waals surface area contributed by atoms with Crippen LogP contribution in [-0.4, -0.2) is 30.5 Å². The number of nitrogens with zero attached hydrogens (tertiary/aromatic N) is 2. The number of para-hydroxylation sites is 1. The number of ketones is 1. The van der Waals surface area contributed by atoms with Crippen molar-refractivity contribution in [3.8, 4) is 0 Å². The first-order valence-corrected chi connectivity index (χ1v) is 13.2. The molecule has 4 aliphatic rings. The van der Waals surface area contributed by atoms with Crippen LogP contribution in [0.3, 0.4) is 0 Å². The van der Waals surface area contributed by atoms with Gasteiger partial charge in [0, 0.05) is 48.7 Å². The molecule has 1 aliphatic heterocycles. The van der Waals surface area contributed by atoms with E-state index in [2.05, 4.69) is 44.7 Å². The number of amides is 1. The van der Waals surface area contributed by atoms with Crippen LogP contribution in [-0.2, 0) is 9.59 Å². The van der Waals surface area contributed by atoms with E-state index in [1.807, 2.05) is 18.2 Å². The summed E-state index contributed by atoms with van der Waals surface area (Å²) in [5.74, 6) is 2.94. The number of hydrogen-bond acceptors (Lipinski definition) is 3. The highest BCUT2D eigenvalue weighted by Crippen LogP contribution is 2.64. The van der Waals surface area contributed by atoms with Gasteiger partial charge in [-0.25, -0.2) is 0 Å². The molecular weight excluding hydrogens is 408 g/mol. The Hall–Kier alpha value is -1.97. The largest absolute Gasteiger partial charge is 0.312 e. The summed E-state index contributed by atoms with van der Waals surface area (Å²) in [7, 11) is 0. The third kappa shape index (κ3) is 3.68. The number of rotatable bonds is 4. The van der Waals surface area contributed by atoms with Crippen LogP contribution in [0.5, 0.6) is 0 Å². The lowest BCUT2D eigenvalue weighted by atomic mass is 9.49. The molecule has 1 heterocycles. The zero-order valence-corrected chi connectivity index (χ0v) is 20.8. The summed E-state index contributed by atoms with van der Waals surface area (Å²) in [4.78, 5) is 33.3. The number of fused-ring (bicyclic) bond motifs is 5. The highest BCUT2D eigenvalue weighted by molar-refractivity contribution is 6.07. The SMILES string of the molecule is CC(C)CN(C(=O)C1CC[C@H]2[C@@H]3CN=C4CC(=O)CC[C@]4(C)[C@@H]3CC[C@]12C)c1ccccc1. The normalized spacial score (nSPS) is 37.7. The fraction of sp³-hybridized carbons (Fsp3) is 0.690. The molecule has 3 aliphatic carbocycles. The molecule has 178 valence electrons. The van der Waals surface area contributed by atoms with Crippen molar-refractivity contribution in [1.82, 2.24) is 0 Å². The molecule has 33 heavy (non-hydrogen) atoms. The third-order valence-corrected chi connectivity index (χ3v) is 9.88. The van der Waals surface area contributed by atoms with Gasteiger partial charge in [-0.05, 0) is 73.3 Å². The van der Waals surface area contributed by atoms with Gasteiger partial charge >= 0.3 is 0 Å². The second kappa shape index (κ2) is 8.36. The van der Waals surface area contributed by atoms with Gasteiger partial charge in [0.15, 0.2) is 0 Å². The summed E-state index contributed by atoms with van der Waals surface area (Å²) in [5.41, 5.74) is 2.36. The minimum Gasteiger partial charge on any atom is -0.312 e. The molecule has 0 aromatic heterocycles. The number of carbonyl (C=O) groups is 2. The van der Waals surface area contributed by atoms with Crippen LogP contribution >= 0.6 is 0 Å². The Bertz CT molecular complexity index is 954. The van der Waals surface area contributed by atoms with Crippen molar-refractivity contribution >= 4 is 23.1 Å². The minimum atomic E-state index is 0.0517. The van der Waals surface area contributed by atoms with Crippen LogP contribution < -0.4 is 4.90 Å². The second-order valence-electron chi connectivity index (χ2n) is 12.1. The van der Waals surface area contributed by atoms with Gasteiger partial charge in [0.1, 0.15) is 5.78 Å². The van der Waals surface area contributed by atoms with Crippen LogP contribution in [0.15, 0.2) is 35.3 Å². The first kappa shape index (κ1) is 22.8. The van der Waals surface area contributed by atoms with Gasteiger partial charge in [-0.2, -0.15) is 0 Å². The predicted molar refractivity (Wildman–Crippen MR) is 133 cm³/mol. The average Bonchev–Trinajstić information content (AvgIpc) is 3.15. The van der Waals surface area contributed by atoms with E-state index in [0.29, 0.717) is 48.2 Å². The summed E-state index contributed by atoms with van der Waals surface area (Å²) in [6, 6.07) is 10.2. The standard InChI is InChI=1S/C29H40N2O2/c1-19(2)18-31(20-8-6-5-7-9-20)27(33)25-11-10-23-22-17-30-26-16-21(32)12-14-29(26,4)24(22)13-15-28(23,25)3/h5-9,19,22-25H,10-18H2,1-4H3/t22-,23-,24+,25?,28-,29+/m0/s1. The van der Waals surface area contributed by atoms with Gasteiger partial charge in [-0.1, -0.05) is 45.9 Å². The fourth-order valence-electron chi connectivity index (χ4n) is 8.09. The maximum absolute atomic E-state index is 14.1. The van der Waals surface area contributed by atoms with Crippen LogP contribution in [0, 0.1) is 40.4 Å². The zero-order valence-electron chi connectivity index (χ0n) is 20.8. The van der Waals surface area contributed by atoms with Crippen molar-refractivity contribution in [3.05, 3.63) is 30.3 Å². The summed E-state index contributed by atoms with van der Waals surface area (Å²) in [5, 5.41) is 0. The molecule has 1 unspecified atom stereocenters. The Labute approximate surface area is 199 Å². The lowest BCUT2D eigenvalue weighted by Gasteiger charge is -2.56. The summed E-state index contributed by atoms with van der Waals surface area (Å²) >= 11 is 0. The molecule has 5 rings (SSSR count). The minimum absolute atomic E-state index is 0.0517. The van der Waals surface area contributed by atoms with Gasteiger partial charge in [0.25, 0.3) is 0 Å². The van der Waals surface area contributed by atoms with Crippen LogP contribution in [0.4, 0.5) is 5.69 Å². The predicted octanol–water partition coefficient (Wildman–Crippen LogP) is 5.95. The van der Waals surface area contributed by atoms with Crippen molar-refractivity contribution in [3.63, 3.8) is 0 Å². The van der Waals surface area contributed by atoms with Crippen molar-refractivity contribution in [2.24, 2.45) is 45.4 Å². The highest BCUT2D eigenvalue weighted by Gasteiger charge is 2.60. The molecule has 3 fully saturated rings. The first-order valence-electron chi connectivity index (χ1n) is 13.2. The fourth-order valence-corrected chi connectivity index (χ4v) is 8.09. The van der Waals surface area contributed by atoms with Gasteiger partial charge in [-0.3, -0.25) is 14.6 Å². The molecule has 0 radical (unpaired) electrons. The Morgan fingerprint density at radius 1 is 1.09 bits per heavy atom. The highest BCUT2D eigenvalue weighted by atomic mass is 16.2. The quantitative estimate of drug-likeness (QED) is 0.572. The Morgan fingerprint density at radius 2 is 1.85 bits per heavy atom. The van der Waals surface area contributed by atoms with Gasteiger partial charge in [0.05, 0.1) is 0 Å². The zero-order chi connectivity index (χ0) is 23.4. The number of aliphatic imine (C=N–C) groups is 1. The van der Waals surface area contributed by atoms with Gasteiger partial charge in [0.2, 0.25) is 5.91 Å². The van der Waals surface area contributed by atoms with E-state index in [4.69, 9.17) is 4.99 Å². The molecule has 4 nitrogen and oxygen atoms in total. The van der Waals surface area contributed by atoms with E-state index in [9.17, 15) is 9.59 Å². The van der Waals surface area contributed by atoms with Crippen molar-refractivity contribution in [2.75, 3.05) is 18.0 Å². The second-order valence-corrected chi connectivity index (χ2v) is 12.1. The molecule has 1 aromatic rings.